The van der Waals surface area contributed by atoms with Crippen molar-refractivity contribution in [3.05, 3.63) is 34.9 Å². The highest BCUT2D eigenvalue weighted by Crippen LogP contribution is 2.17. The number of nitrogens with two attached hydrogens (primary N) is 1. The van der Waals surface area contributed by atoms with Gasteiger partial charge in [-0.2, -0.15) is 0 Å². The summed E-state index contributed by atoms with van der Waals surface area (Å²) in [5, 5.41) is 0. The number of carbonyl (C=O) groups excluding carboxylic acids is 1. The third-order valence-corrected chi connectivity index (χ3v) is 4.21. The zero-order chi connectivity index (χ0) is 14.0. The quantitative estimate of drug-likeness (QED) is 0.848. The second-order valence-electron chi connectivity index (χ2n) is 5.74. The number of hydrogen-bond acceptors (Lipinski definition) is 3. The fourth-order valence-corrected chi connectivity index (χ4v) is 2.69. The molecule has 1 aliphatic heterocycles. The molecule has 2 rings (SSSR count). The Kier molecular flexibility index (Phi) is 4.38. The van der Waals surface area contributed by atoms with E-state index in [4.69, 9.17) is 5.73 Å². The van der Waals surface area contributed by atoms with Gasteiger partial charge < -0.3 is 5.73 Å². The number of rotatable bonds is 3. The number of benzene rings is 1. The summed E-state index contributed by atoms with van der Waals surface area (Å²) in [4.78, 5) is 14.7. The minimum absolute atomic E-state index is 0.0755. The Bertz CT molecular complexity index is 470. The number of carbonyl (C=O) groups is 1. The van der Waals surface area contributed by atoms with Crippen LogP contribution in [-0.2, 0) is 0 Å². The maximum absolute atomic E-state index is 12.5. The number of hydrogen-bond donors (Lipinski definition) is 1. The summed E-state index contributed by atoms with van der Waals surface area (Å²) in [5.74, 6) is 0.206. The van der Waals surface area contributed by atoms with Gasteiger partial charge in [0, 0.05) is 18.2 Å². The van der Waals surface area contributed by atoms with Gasteiger partial charge in [0.05, 0.1) is 6.04 Å². The number of piperidine rings is 1. The van der Waals surface area contributed by atoms with Crippen LogP contribution in [-0.4, -0.2) is 35.9 Å². The van der Waals surface area contributed by atoms with Gasteiger partial charge in [0.25, 0.3) is 0 Å². The smallest absolute Gasteiger partial charge is 0.179 e. The highest BCUT2D eigenvalue weighted by Gasteiger charge is 2.26. The molecular weight excluding hydrogens is 236 g/mol. The highest BCUT2D eigenvalue weighted by atomic mass is 16.1. The average Bonchev–Trinajstić information content (AvgIpc) is 2.40. The third-order valence-electron chi connectivity index (χ3n) is 4.21. The zero-order valence-corrected chi connectivity index (χ0v) is 12.1. The first-order valence-electron chi connectivity index (χ1n) is 7.10. The first-order valence-corrected chi connectivity index (χ1v) is 7.10. The zero-order valence-electron chi connectivity index (χ0n) is 12.1. The Hall–Kier alpha value is -1.19. The highest BCUT2D eigenvalue weighted by molar-refractivity contribution is 6.00. The van der Waals surface area contributed by atoms with Crippen molar-refractivity contribution in [3.8, 4) is 0 Å². The summed E-state index contributed by atoms with van der Waals surface area (Å²) in [6, 6.07) is 6.09. The van der Waals surface area contributed by atoms with Crippen LogP contribution in [0.3, 0.4) is 0 Å². The Morgan fingerprint density at radius 3 is 2.74 bits per heavy atom. The van der Waals surface area contributed by atoms with Crippen molar-refractivity contribution in [2.75, 3.05) is 13.1 Å². The maximum Gasteiger partial charge on any atom is 0.179 e. The normalized spacial score (nSPS) is 22.2. The number of nitrogens with zero attached hydrogens (tertiary/aromatic N) is 1. The van der Waals surface area contributed by atoms with Crippen molar-refractivity contribution in [1.82, 2.24) is 4.90 Å². The van der Waals surface area contributed by atoms with Crippen LogP contribution in [0.15, 0.2) is 18.2 Å². The Balaban J connectivity index is 2.11. The Morgan fingerprint density at radius 1 is 1.37 bits per heavy atom. The van der Waals surface area contributed by atoms with E-state index in [1.54, 1.807) is 0 Å². The second kappa shape index (κ2) is 5.85. The molecule has 0 amide bonds. The molecule has 2 atom stereocenters. The Labute approximate surface area is 115 Å². The van der Waals surface area contributed by atoms with Crippen molar-refractivity contribution in [3.63, 3.8) is 0 Å². The van der Waals surface area contributed by atoms with E-state index in [1.165, 1.54) is 11.1 Å². The van der Waals surface area contributed by atoms with Gasteiger partial charge in [0.15, 0.2) is 5.78 Å². The van der Waals surface area contributed by atoms with Crippen LogP contribution in [0.25, 0.3) is 0 Å². The molecule has 0 saturated carbocycles. The summed E-state index contributed by atoms with van der Waals surface area (Å²) < 4.78 is 0. The van der Waals surface area contributed by atoms with E-state index in [0.717, 1.165) is 31.5 Å². The molecule has 1 saturated heterocycles. The molecule has 19 heavy (non-hydrogen) atoms. The van der Waals surface area contributed by atoms with Crippen LogP contribution in [0.1, 0.15) is 41.3 Å². The van der Waals surface area contributed by atoms with Crippen LogP contribution < -0.4 is 5.73 Å². The fourth-order valence-electron chi connectivity index (χ4n) is 2.69. The lowest BCUT2D eigenvalue weighted by atomic mass is 9.97. The van der Waals surface area contributed by atoms with E-state index in [0.29, 0.717) is 0 Å². The fraction of sp³-hybridized carbons (Fsp3) is 0.562. The monoisotopic (exact) mass is 260 g/mol. The Morgan fingerprint density at radius 2 is 2.11 bits per heavy atom. The number of Topliss-reactive ketones (excluding diaryl/α,β-unsaturated/α-hetero) is 1. The van der Waals surface area contributed by atoms with Crippen LogP contribution in [0.2, 0.25) is 0 Å². The summed E-state index contributed by atoms with van der Waals surface area (Å²) in [5.41, 5.74) is 9.21. The van der Waals surface area contributed by atoms with Crippen molar-refractivity contribution >= 4 is 5.78 Å². The lowest BCUT2D eigenvalue weighted by Crippen LogP contribution is -2.49. The molecule has 3 nitrogen and oxygen atoms in total. The van der Waals surface area contributed by atoms with Gasteiger partial charge in [0.1, 0.15) is 0 Å². The van der Waals surface area contributed by atoms with Crippen LogP contribution in [0, 0.1) is 13.8 Å². The molecule has 0 spiro atoms. The van der Waals surface area contributed by atoms with Gasteiger partial charge in [-0.1, -0.05) is 12.1 Å². The molecular formula is C16H24N2O. The minimum Gasteiger partial charge on any atom is -0.327 e. The van der Waals surface area contributed by atoms with Crippen molar-refractivity contribution in [1.29, 1.82) is 0 Å². The lowest BCUT2D eigenvalue weighted by molar-refractivity contribution is 0.0794. The first-order chi connectivity index (χ1) is 8.99. The van der Waals surface area contributed by atoms with Gasteiger partial charge >= 0.3 is 0 Å². The van der Waals surface area contributed by atoms with E-state index in [9.17, 15) is 4.79 Å². The molecule has 104 valence electrons. The van der Waals surface area contributed by atoms with Crippen LogP contribution in [0.4, 0.5) is 0 Å². The molecule has 0 bridgehead atoms. The van der Waals surface area contributed by atoms with E-state index in [-0.39, 0.29) is 17.9 Å². The van der Waals surface area contributed by atoms with Gasteiger partial charge in [-0.3, -0.25) is 9.69 Å². The van der Waals surface area contributed by atoms with Crippen molar-refractivity contribution in [2.45, 2.75) is 45.7 Å². The van der Waals surface area contributed by atoms with Crippen molar-refractivity contribution < 1.29 is 4.79 Å². The van der Waals surface area contributed by atoms with Gasteiger partial charge in [-0.15, -0.1) is 0 Å². The van der Waals surface area contributed by atoms with Crippen LogP contribution >= 0.6 is 0 Å². The molecule has 1 heterocycles. The van der Waals surface area contributed by atoms with E-state index in [1.807, 2.05) is 32.0 Å². The minimum atomic E-state index is -0.0755. The summed E-state index contributed by atoms with van der Waals surface area (Å²) in [6.45, 7) is 7.92. The van der Waals surface area contributed by atoms with E-state index < -0.39 is 0 Å². The SMILES string of the molecule is Cc1ccc(C(=O)C(C)N2CCCC(N)C2)cc1C. The molecule has 1 fully saturated rings. The first kappa shape index (κ1) is 14.2. The predicted octanol–water partition coefficient (Wildman–Crippen LogP) is 2.30. The largest absolute Gasteiger partial charge is 0.327 e. The summed E-state index contributed by atoms with van der Waals surface area (Å²) in [7, 11) is 0. The lowest BCUT2D eigenvalue weighted by Gasteiger charge is -2.34. The standard InChI is InChI=1S/C16H24N2O/c1-11-6-7-14(9-12(11)2)16(19)13(3)18-8-4-5-15(17)10-18/h6-7,9,13,15H,4-5,8,10,17H2,1-3H3. The molecule has 1 aromatic rings. The summed E-state index contributed by atoms with van der Waals surface area (Å²) >= 11 is 0. The maximum atomic E-state index is 12.5. The average molecular weight is 260 g/mol. The topological polar surface area (TPSA) is 46.3 Å². The summed E-state index contributed by atoms with van der Waals surface area (Å²) in [6.07, 6.45) is 2.16. The number of likely N-dealkylation sites (tertiary alicyclic amines) is 1. The van der Waals surface area contributed by atoms with E-state index in [2.05, 4.69) is 11.8 Å². The molecule has 3 heteroatoms. The molecule has 2 N–H and O–H groups in total. The predicted molar refractivity (Wildman–Crippen MR) is 78.5 cm³/mol. The molecule has 1 aromatic carbocycles. The van der Waals surface area contributed by atoms with Gasteiger partial charge in [-0.05, 0) is 57.4 Å². The molecule has 0 radical (unpaired) electrons. The second-order valence-corrected chi connectivity index (χ2v) is 5.74. The molecule has 0 aromatic heterocycles. The number of ketones is 1. The number of aryl methyl sites for hydroxylation is 2. The van der Waals surface area contributed by atoms with Crippen LogP contribution in [0.5, 0.6) is 0 Å². The molecule has 1 aliphatic rings. The third kappa shape index (κ3) is 3.23. The van der Waals surface area contributed by atoms with Crippen molar-refractivity contribution in [2.24, 2.45) is 5.73 Å². The van der Waals surface area contributed by atoms with Gasteiger partial charge in [-0.25, -0.2) is 0 Å². The molecule has 2 unspecified atom stereocenters. The molecule has 0 aliphatic carbocycles. The van der Waals surface area contributed by atoms with Gasteiger partial charge in [0.2, 0.25) is 0 Å². The van der Waals surface area contributed by atoms with E-state index >= 15 is 0 Å².